The molecule has 0 saturated carbocycles. The van der Waals surface area contributed by atoms with Gasteiger partial charge in [-0.1, -0.05) is 30.3 Å². The molecule has 114 valence electrons. The summed E-state index contributed by atoms with van der Waals surface area (Å²) in [7, 11) is 0. The van der Waals surface area contributed by atoms with E-state index in [-0.39, 0.29) is 23.6 Å². The second-order valence-electron chi connectivity index (χ2n) is 5.85. The zero-order valence-corrected chi connectivity index (χ0v) is 12.5. The fourth-order valence-electron chi connectivity index (χ4n) is 3.31. The smallest absolute Gasteiger partial charge is 0.266 e. The number of hydrogen-bond acceptors (Lipinski definition) is 4. The first-order valence-corrected chi connectivity index (χ1v) is 7.36. The Balaban J connectivity index is 2.16. The molecule has 0 unspecified atom stereocenters. The molecule has 0 amide bonds. The van der Waals surface area contributed by atoms with Crippen LogP contribution in [-0.2, 0) is 10.4 Å². The van der Waals surface area contributed by atoms with Crippen molar-refractivity contribution in [1.82, 2.24) is 9.55 Å². The first kappa shape index (κ1) is 13.8. The molecule has 0 radical (unpaired) electrons. The number of ketones is 1. The van der Waals surface area contributed by atoms with Gasteiger partial charge in [0.15, 0.2) is 11.4 Å². The van der Waals surface area contributed by atoms with Gasteiger partial charge in [-0.15, -0.1) is 0 Å². The number of fused-ring (bicyclic) bond motifs is 4. The maximum absolute atomic E-state index is 12.9. The summed E-state index contributed by atoms with van der Waals surface area (Å²) in [6, 6.07) is 14.1. The Bertz CT molecular complexity index is 1020. The van der Waals surface area contributed by atoms with E-state index in [0.717, 1.165) is 0 Å². The van der Waals surface area contributed by atoms with E-state index in [1.54, 1.807) is 48.5 Å². The van der Waals surface area contributed by atoms with Crippen LogP contribution in [0.5, 0.6) is 0 Å². The average Bonchev–Trinajstić information content (AvgIpc) is 2.77. The highest BCUT2D eigenvalue weighted by molar-refractivity contribution is 5.81. The van der Waals surface area contributed by atoms with E-state index in [9.17, 15) is 14.7 Å². The second-order valence-corrected chi connectivity index (χ2v) is 5.85. The molecule has 1 aromatic heterocycles. The molecule has 5 nitrogen and oxygen atoms in total. The molecule has 23 heavy (non-hydrogen) atoms. The number of benzene rings is 2. The van der Waals surface area contributed by atoms with Gasteiger partial charge in [0, 0.05) is 12.0 Å². The van der Waals surface area contributed by atoms with Gasteiger partial charge in [0.2, 0.25) is 0 Å². The predicted octanol–water partition coefficient (Wildman–Crippen LogP) is 1.91. The number of carbonyl (C=O) groups excluding carboxylic acids is 1. The first-order chi connectivity index (χ1) is 11.0. The minimum Gasteiger partial charge on any atom is -0.377 e. The summed E-state index contributed by atoms with van der Waals surface area (Å²) >= 11 is 0. The van der Waals surface area contributed by atoms with E-state index in [2.05, 4.69) is 4.98 Å². The van der Waals surface area contributed by atoms with Gasteiger partial charge in [-0.2, -0.15) is 0 Å². The van der Waals surface area contributed by atoms with Crippen LogP contribution in [0.2, 0.25) is 0 Å². The standard InChI is InChI=1S/C18H14N2O3/c1-11(21)10-18(23)13-7-3-5-9-15(13)20-16(22)12-6-2-4-8-14(12)19-17(18)20/h2-9,23H,10H2,1H3/t18-/m1/s1. The molecule has 1 aliphatic rings. The van der Waals surface area contributed by atoms with Crippen molar-refractivity contribution in [2.75, 3.05) is 0 Å². The van der Waals surface area contributed by atoms with Gasteiger partial charge in [-0.25, -0.2) is 4.98 Å². The van der Waals surface area contributed by atoms with E-state index in [1.807, 2.05) is 0 Å². The fourth-order valence-corrected chi connectivity index (χ4v) is 3.31. The molecule has 0 bridgehead atoms. The molecule has 0 saturated heterocycles. The normalized spacial score (nSPS) is 18.7. The van der Waals surface area contributed by atoms with E-state index < -0.39 is 5.60 Å². The van der Waals surface area contributed by atoms with Gasteiger partial charge in [-0.05, 0) is 25.1 Å². The topological polar surface area (TPSA) is 72.2 Å². The number of rotatable bonds is 2. The van der Waals surface area contributed by atoms with E-state index in [0.29, 0.717) is 22.2 Å². The largest absolute Gasteiger partial charge is 0.377 e. The molecule has 1 atom stereocenters. The van der Waals surface area contributed by atoms with E-state index in [4.69, 9.17) is 0 Å². The number of aromatic nitrogens is 2. The highest BCUT2D eigenvalue weighted by Crippen LogP contribution is 2.41. The van der Waals surface area contributed by atoms with Crippen molar-refractivity contribution in [1.29, 1.82) is 0 Å². The third-order valence-corrected chi connectivity index (χ3v) is 4.24. The molecule has 5 heteroatoms. The molecule has 1 N–H and O–H groups in total. The lowest BCUT2D eigenvalue weighted by Crippen LogP contribution is -2.31. The van der Waals surface area contributed by atoms with Crippen LogP contribution >= 0.6 is 0 Å². The third kappa shape index (κ3) is 1.80. The van der Waals surface area contributed by atoms with Crippen molar-refractivity contribution in [2.45, 2.75) is 18.9 Å². The Kier molecular flexibility index (Phi) is 2.77. The quantitative estimate of drug-likeness (QED) is 0.785. The highest BCUT2D eigenvalue weighted by Gasteiger charge is 2.45. The van der Waals surface area contributed by atoms with Gasteiger partial charge in [0.1, 0.15) is 5.78 Å². The summed E-state index contributed by atoms with van der Waals surface area (Å²) in [5.74, 6) is 0.0377. The van der Waals surface area contributed by atoms with Crippen LogP contribution in [0.1, 0.15) is 24.7 Å². The average molecular weight is 306 g/mol. The summed E-state index contributed by atoms with van der Waals surface area (Å²) in [4.78, 5) is 29.1. The number of hydrogen-bond donors (Lipinski definition) is 1. The molecular weight excluding hydrogens is 292 g/mol. The van der Waals surface area contributed by atoms with Crippen LogP contribution in [0.25, 0.3) is 16.6 Å². The maximum Gasteiger partial charge on any atom is 0.266 e. The van der Waals surface area contributed by atoms with Crippen LogP contribution in [0, 0.1) is 0 Å². The Morgan fingerprint density at radius 2 is 1.87 bits per heavy atom. The lowest BCUT2D eigenvalue weighted by Gasteiger charge is -2.22. The molecule has 0 fully saturated rings. The van der Waals surface area contributed by atoms with E-state index >= 15 is 0 Å². The minimum absolute atomic E-state index is 0.116. The number of carbonyl (C=O) groups is 1. The van der Waals surface area contributed by atoms with Crippen molar-refractivity contribution in [3.05, 3.63) is 70.3 Å². The number of nitrogens with zero attached hydrogens (tertiary/aromatic N) is 2. The summed E-state index contributed by atoms with van der Waals surface area (Å²) in [5.41, 5.74) is -0.188. The van der Waals surface area contributed by atoms with Crippen LogP contribution in [0.15, 0.2) is 53.3 Å². The van der Waals surface area contributed by atoms with Crippen molar-refractivity contribution >= 4 is 16.7 Å². The van der Waals surface area contributed by atoms with Crippen molar-refractivity contribution in [3.8, 4) is 5.69 Å². The van der Waals surface area contributed by atoms with E-state index in [1.165, 1.54) is 11.5 Å². The Morgan fingerprint density at radius 1 is 1.17 bits per heavy atom. The fraction of sp³-hybridized carbons (Fsp3) is 0.167. The van der Waals surface area contributed by atoms with Crippen LogP contribution in [-0.4, -0.2) is 20.4 Å². The zero-order chi connectivity index (χ0) is 16.2. The van der Waals surface area contributed by atoms with Crippen molar-refractivity contribution in [2.24, 2.45) is 0 Å². The van der Waals surface area contributed by atoms with Gasteiger partial charge >= 0.3 is 0 Å². The molecule has 4 rings (SSSR count). The lowest BCUT2D eigenvalue weighted by molar-refractivity contribution is -0.120. The predicted molar refractivity (Wildman–Crippen MR) is 85.6 cm³/mol. The van der Waals surface area contributed by atoms with Crippen LogP contribution < -0.4 is 5.56 Å². The Labute approximate surface area is 131 Å². The molecule has 3 aromatic rings. The number of aliphatic hydroxyl groups is 1. The summed E-state index contributed by atoms with van der Waals surface area (Å²) < 4.78 is 1.42. The monoisotopic (exact) mass is 306 g/mol. The van der Waals surface area contributed by atoms with Gasteiger partial charge < -0.3 is 5.11 Å². The summed E-state index contributed by atoms with van der Waals surface area (Å²) in [5, 5.41) is 11.7. The molecule has 1 aliphatic heterocycles. The Hall–Kier alpha value is -2.79. The lowest BCUT2D eigenvalue weighted by atomic mass is 9.89. The van der Waals surface area contributed by atoms with Gasteiger partial charge in [0.25, 0.3) is 5.56 Å². The molecular formula is C18H14N2O3. The first-order valence-electron chi connectivity index (χ1n) is 7.36. The SMILES string of the molecule is CC(=O)C[C@@]1(O)c2ccccc2-n2c1nc1ccccc1c2=O. The molecule has 2 aromatic carbocycles. The summed E-state index contributed by atoms with van der Waals surface area (Å²) in [6.45, 7) is 1.42. The van der Waals surface area contributed by atoms with Crippen molar-refractivity contribution in [3.63, 3.8) is 0 Å². The number of Topliss-reactive ketones (excluding diaryl/α,β-unsaturated/α-hetero) is 1. The Morgan fingerprint density at radius 3 is 2.65 bits per heavy atom. The van der Waals surface area contributed by atoms with Crippen molar-refractivity contribution < 1.29 is 9.90 Å². The zero-order valence-electron chi connectivity index (χ0n) is 12.5. The molecule has 2 heterocycles. The second kappa shape index (κ2) is 4.60. The number of para-hydroxylation sites is 2. The van der Waals surface area contributed by atoms with Crippen LogP contribution in [0.3, 0.4) is 0 Å². The molecule has 0 spiro atoms. The minimum atomic E-state index is -1.58. The maximum atomic E-state index is 12.9. The summed E-state index contributed by atoms with van der Waals surface area (Å²) in [6.07, 6.45) is -0.116. The van der Waals surface area contributed by atoms with Gasteiger partial charge in [-0.3, -0.25) is 14.2 Å². The van der Waals surface area contributed by atoms with Crippen LogP contribution in [0.4, 0.5) is 0 Å². The molecule has 0 aliphatic carbocycles. The van der Waals surface area contributed by atoms with Gasteiger partial charge in [0.05, 0.1) is 16.6 Å². The third-order valence-electron chi connectivity index (χ3n) is 4.24. The highest BCUT2D eigenvalue weighted by atomic mass is 16.3.